The van der Waals surface area contributed by atoms with Crippen LogP contribution in [0, 0.1) is 6.92 Å². The zero-order valence-corrected chi connectivity index (χ0v) is 16.2. The van der Waals surface area contributed by atoms with Crippen molar-refractivity contribution in [1.82, 2.24) is 20.2 Å². The number of aromatic nitrogens is 2. The van der Waals surface area contributed by atoms with Crippen LogP contribution >= 0.6 is 11.6 Å². The maximum Gasteiger partial charge on any atom is 0.254 e. The normalized spacial score (nSPS) is 10.7. The van der Waals surface area contributed by atoms with E-state index in [9.17, 15) is 4.79 Å². The van der Waals surface area contributed by atoms with Crippen LogP contribution in [0.3, 0.4) is 0 Å². The molecule has 1 heterocycles. The number of benzene rings is 1. The topological polar surface area (TPSA) is 79.4 Å². The van der Waals surface area contributed by atoms with Crippen molar-refractivity contribution in [1.29, 1.82) is 0 Å². The van der Waals surface area contributed by atoms with Crippen LogP contribution in [-0.2, 0) is 0 Å². The zero-order valence-electron chi connectivity index (χ0n) is 15.5. The predicted octanol–water partition coefficient (Wildman–Crippen LogP) is 2.87. The zero-order chi connectivity index (χ0) is 19.1. The maximum atomic E-state index is 12.1. The first-order valence-corrected chi connectivity index (χ1v) is 8.64. The number of carbonyl (C=O) groups excluding carboxylic acids is 1. The summed E-state index contributed by atoms with van der Waals surface area (Å²) in [5.41, 5.74) is 2.03. The molecule has 0 saturated heterocycles. The van der Waals surface area contributed by atoms with Crippen LogP contribution in [0.1, 0.15) is 22.3 Å². The molecule has 1 aromatic heterocycles. The average Bonchev–Trinajstić information content (AvgIpc) is 2.62. The van der Waals surface area contributed by atoms with E-state index in [1.807, 2.05) is 27.1 Å². The van der Waals surface area contributed by atoms with Gasteiger partial charge < -0.3 is 20.3 Å². The molecule has 2 aromatic rings. The van der Waals surface area contributed by atoms with E-state index >= 15 is 0 Å². The van der Waals surface area contributed by atoms with E-state index in [2.05, 4.69) is 25.5 Å². The van der Waals surface area contributed by atoms with Gasteiger partial charge in [-0.1, -0.05) is 11.6 Å². The van der Waals surface area contributed by atoms with Crippen LogP contribution in [-0.4, -0.2) is 55.1 Å². The Morgan fingerprint density at radius 3 is 2.58 bits per heavy atom. The summed E-state index contributed by atoms with van der Waals surface area (Å²) in [5, 5.41) is 6.55. The minimum atomic E-state index is -0.185. The highest BCUT2D eigenvalue weighted by Crippen LogP contribution is 2.32. The number of nitrogens with one attached hydrogen (secondary N) is 2. The SMILES string of the molecule is COc1cc(Cl)c(C)cc1Nc1ncc(C(=O)NCCCN(C)C)cn1. The van der Waals surface area contributed by atoms with Crippen molar-refractivity contribution in [2.75, 3.05) is 39.6 Å². The van der Waals surface area contributed by atoms with Gasteiger partial charge in [-0.15, -0.1) is 0 Å². The van der Waals surface area contributed by atoms with Crippen LogP contribution in [0.5, 0.6) is 5.75 Å². The van der Waals surface area contributed by atoms with Crippen LogP contribution in [0.2, 0.25) is 5.02 Å². The standard InChI is InChI=1S/C18H24ClN5O2/c1-12-8-15(16(26-4)9-14(12)19)23-18-21-10-13(11-22-18)17(25)20-6-5-7-24(2)3/h8-11H,5-7H2,1-4H3,(H,20,25)(H,21,22,23). The smallest absolute Gasteiger partial charge is 0.254 e. The van der Waals surface area contributed by atoms with Crippen molar-refractivity contribution in [2.45, 2.75) is 13.3 Å². The van der Waals surface area contributed by atoms with E-state index < -0.39 is 0 Å². The summed E-state index contributed by atoms with van der Waals surface area (Å²) in [6.07, 6.45) is 3.87. The third-order valence-electron chi connectivity index (χ3n) is 3.71. The molecule has 0 aliphatic heterocycles. The lowest BCUT2D eigenvalue weighted by atomic mass is 10.2. The third-order valence-corrected chi connectivity index (χ3v) is 4.12. The van der Waals surface area contributed by atoms with Crippen molar-refractivity contribution < 1.29 is 9.53 Å². The number of rotatable bonds is 8. The Bertz CT molecular complexity index is 750. The van der Waals surface area contributed by atoms with Crippen LogP contribution in [0.25, 0.3) is 0 Å². The second-order valence-corrected chi connectivity index (χ2v) is 6.54. The summed E-state index contributed by atoms with van der Waals surface area (Å²) in [4.78, 5) is 22.6. The van der Waals surface area contributed by atoms with Gasteiger partial charge in [-0.3, -0.25) is 4.79 Å². The first-order chi connectivity index (χ1) is 12.4. The van der Waals surface area contributed by atoms with Gasteiger partial charge in [-0.25, -0.2) is 9.97 Å². The Labute approximate surface area is 158 Å². The summed E-state index contributed by atoms with van der Waals surface area (Å²) < 4.78 is 5.32. The van der Waals surface area contributed by atoms with Gasteiger partial charge in [0.2, 0.25) is 5.95 Å². The van der Waals surface area contributed by atoms with E-state index in [1.165, 1.54) is 12.4 Å². The van der Waals surface area contributed by atoms with Gasteiger partial charge in [-0.2, -0.15) is 0 Å². The number of hydrogen-bond donors (Lipinski definition) is 2. The van der Waals surface area contributed by atoms with Gasteiger partial charge >= 0.3 is 0 Å². The molecule has 140 valence electrons. The summed E-state index contributed by atoms with van der Waals surface area (Å²) >= 11 is 6.11. The van der Waals surface area contributed by atoms with E-state index in [0.29, 0.717) is 34.5 Å². The molecule has 7 nitrogen and oxygen atoms in total. The fourth-order valence-electron chi connectivity index (χ4n) is 2.26. The molecule has 8 heteroatoms. The molecule has 0 radical (unpaired) electrons. The molecule has 2 rings (SSSR count). The van der Waals surface area contributed by atoms with Crippen LogP contribution in [0.4, 0.5) is 11.6 Å². The Balaban J connectivity index is 1.99. The average molecular weight is 378 g/mol. The molecule has 1 aromatic carbocycles. The van der Waals surface area contributed by atoms with E-state index in [1.54, 1.807) is 13.2 Å². The molecule has 0 aliphatic carbocycles. The first kappa shape index (κ1) is 19.9. The van der Waals surface area contributed by atoms with Crippen molar-refractivity contribution in [3.63, 3.8) is 0 Å². The fourth-order valence-corrected chi connectivity index (χ4v) is 2.41. The van der Waals surface area contributed by atoms with E-state index in [4.69, 9.17) is 16.3 Å². The molecular weight excluding hydrogens is 354 g/mol. The summed E-state index contributed by atoms with van der Waals surface area (Å²) in [6, 6.07) is 3.59. The molecule has 0 saturated carbocycles. The Kier molecular flexibility index (Phi) is 7.17. The lowest BCUT2D eigenvalue weighted by molar-refractivity contribution is 0.0951. The number of methoxy groups -OCH3 is 1. The summed E-state index contributed by atoms with van der Waals surface area (Å²) in [7, 11) is 5.56. The molecule has 0 aliphatic rings. The largest absolute Gasteiger partial charge is 0.495 e. The Morgan fingerprint density at radius 2 is 1.96 bits per heavy atom. The van der Waals surface area contributed by atoms with Crippen molar-refractivity contribution in [3.05, 3.63) is 40.7 Å². The molecular formula is C18H24ClN5O2. The highest BCUT2D eigenvalue weighted by Gasteiger charge is 2.10. The minimum absolute atomic E-state index is 0.185. The first-order valence-electron chi connectivity index (χ1n) is 8.27. The monoisotopic (exact) mass is 377 g/mol. The van der Waals surface area contributed by atoms with Crippen LogP contribution < -0.4 is 15.4 Å². The molecule has 0 bridgehead atoms. The predicted molar refractivity (Wildman–Crippen MR) is 104 cm³/mol. The van der Waals surface area contributed by atoms with E-state index in [0.717, 1.165) is 18.5 Å². The summed E-state index contributed by atoms with van der Waals surface area (Å²) in [6.45, 7) is 3.43. The highest BCUT2D eigenvalue weighted by atomic mass is 35.5. The van der Waals surface area contributed by atoms with Gasteiger partial charge in [0.1, 0.15) is 5.75 Å². The summed E-state index contributed by atoms with van der Waals surface area (Å²) in [5.74, 6) is 0.774. The Morgan fingerprint density at radius 1 is 1.27 bits per heavy atom. The van der Waals surface area contributed by atoms with Crippen LogP contribution in [0.15, 0.2) is 24.5 Å². The number of amides is 1. The molecule has 26 heavy (non-hydrogen) atoms. The number of carbonyl (C=O) groups is 1. The van der Waals surface area contributed by atoms with Crippen molar-refractivity contribution in [2.24, 2.45) is 0 Å². The van der Waals surface area contributed by atoms with Crippen molar-refractivity contribution >= 4 is 29.1 Å². The molecule has 0 fully saturated rings. The van der Waals surface area contributed by atoms with E-state index in [-0.39, 0.29) is 5.91 Å². The van der Waals surface area contributed by atoms with Gasteiger partial charge in [0.15, 0.2) is 0 Å². The highest BCUT2D eigenvalue weighted by molar-refractivity contribution is 6.31. The van der Waals surface area contributed by atoms with Gasteiger partial charge in [0.05, 0.1) is 18.4 Å². The quantitative estimate of drug-likeness (QED) is 0.688. The lowest BCUT2D eigenvalue weighted by Crippen LogP contribution is -2.27. The molecule has 0 atom stereocenters. The third kappa shape index (κ3) is 5.57. The molecule has 1 amide bonds. The number of ether oxygens (including phenoxy) is 1. The second-order valence-electron chi connectivity index (χ2n) is 6.13. The number of aryl methyl sites for hydroxylation is 1. The maximum absolute atomic E-state index is 12.1. The molecule has 0 spiro atoms. The van der Waals surface area contributed by atoms with Gasteiger partial charge in [-0.05, 0) is 45.6 Å². The molecule has 0 unspecified atom stereocenters. The molecule has 2 N–H and O–H groups in total. The van der Waals surface area contributed by atoms with Crippen molar-refractivity contribution in [3.8, 4) is 5.75 Å². The number of halogens is 1. The van der Waals surface area contributed by atoms with Gasteiger partial charge in [0.25, 0.3) is 5.91 Å². The Hall–Kier alpha value is -2.38. The fraction of sp³-hybridized carbons (Fsp3) is 0.389. The number of hydrogen-bond acceptors (Lipinski definition) is 6. The lowest BCUT2D eigenvalue weighted by Gasteiger charge is -2.12. The number of anilines is 2. The second kappa shape index (κ2) is 9.35. The minimum Gasteiger partial charge on any atom is -0.495 e. The number of nitrogens with zero attached hydrogens (tertiary/aromatic N) is 3. The van der Waals surface area contributed by atoms with Gasteiger partial charge in [0, 0.05) is 30.0 Å².